The Bertz CT molecular complexity index is 91.1. The van der Waals surface area contributed by atoms with E-state index in [9.17, 15) is 0 Å². The van der Waals surface area contributed by atoms with Crippen LogP contribution in [0.2, 0.25) is 0 Å². The molecule has 0 N–H and O–H groups in total. The van der Waals surface area contributed by atoms with Gasteiger partial charge in [0.1, 0.15) is 0 Å². The van der Waals surface area contributed by atoms with Gasteiger partial charge in [-0.15, -0.1) is 0 Å². The molecule has 0 aromatic heterocycles. The summed E-state index contributed by atoms with van der Waals surface area (Å²) in [6.07, 6.45) is 8.33. The highest BCUT2D eigenvalue weighted by Gasteiger charge is 1.67. The molecule has 0 aliphatic heterocycles. The van der Waals surface area contributed by atoms with Crippen LogP contribution in [0.4, 0.5) is 0 Å². The standard InChI is InChI=1S/C6H7/c1-4-6(3)5-2/h4H,1,3H3/b6-4+. The second kappa shape index (κ2) is 2.53. The first-order valence-corrected chi connectivity index (χ1v) is 1.87. The Labute approximate surface area is 38.9 Å². The van der Waals surface area contributed by atoms with Gasteiger partial charge in [-0.05, 0) is 25.8 Å². The first kappa shape index (κ1) is 5.30. The van der Waals surface area contributed by atoms with Gasteiger partial charge in [-0.1, -0.05) is 12.0 Å². The predicted molar refractivity (Wildman–Crippen MR) is 26.6 cm³/mol. The zero-order chi connectivity index (χ0) is 4.99. The van der Waals surface area contributed by atoms with Gasteiger partial charge in [-0.2, -0.15) is 0 Å². The van der Waals surface area contributed by atoms with Gasteiger partial charge in [-0.25, -0.2) is 0 Å². The van der Waals surface area contributed by atoms with Gasteiger partial charge >= 0.3 is 0 Å². The molecule has 0 fully saturated rings. The first-order valence-electron chi connectivity index (χ1n) is 1.87. The molecule has 0 aliphatic carbocycles. The van der Waals surface area contributed by atoms with Crippen molar-refractivity contribution in [1.29, 1.82) is 0 Å². The Morgan fingerprint density at radius 2 is 2.33 bits per heavy atom. The molecular weight excluding hydrogens is 72.1 g/mol. The van der Waals surface area contributed by atoms with Gasteiger partial charge in [-0.3, -0.25) is 0 Å². The van der Waals surface area contributed by atoms with Crippen LogP contribution >= 0.6 is 0 Å². The molecule has 0 heterocycles. The Morgan fingerprint density at radius 1 is 1.83 bits per heavy atom. The fraction of sp³-hybridized carbons (Fsp3) is 0.333. The highest BCUT2D eigenvalue weighted by atomic mass is 13.7. The van der Waals surface area contributed by atoms with Gasteiger partial charge in [0.15, 0.2) is 0 Å². The second-order valence-corrected chi connectivity index (χ2v) is 1.10. The molecule has 0 rings (SSSR count). The monoisotopic (exact) mass is 79.1 g/mol. The number of rotatable bonds is 0. The fourth-order valence-corrected chi connectivity index (χ4v) is 0.0722. The van der Waals surface area contributed by atoms with E-state index in [1.54, 1.807) is 0 Å². The van der Waals surface area contributed by atoms with Crippen molar-refractivity contribution in [3.63, 3.8) is 0 Å². The summed E-state index contributed by atoms with van der Waals surface area (Å²) in [6.45, 7) is 3.73. The SMILES string of the molecule is [C]#C/C(C)=C/C. The van der Waals surface area contributed by atoms with Crippen molar-refractivity contribution in [3.8, 4) is 5.92 Å². The van der Waals surface area contributed by atoms with Crippen LogP contribution in [-0.2, 0) is 0 Å². The van der Waals surface area contributed by atoms with Crippen LogP contribution in [0.3, 0.4) is 0 Å². The number of hydrogen-bond acceptors (Lipinski definition) is 0. The van der Waals surface area contributed by atoms with E-state index in [0.717, 1.165) is 5.57 Å². The van der Waals surface area contributed by atoms with E-state index in [-0.39, 0.29) is 0 Å². The summed E-state index contributed by atoms with van der Waals surface area (Å²) in [6, 6.07) is 0. The topological polar surface area (TPSA) is 0 Å². The maximum Gasteiger partial charge on any atom is -0.00431 e. The minimum Gasteiger partial charge on any atom is -0.0763 e. The van der Waals surface area contributed by atoms with Gasteiger partial charge in [0.25, 0.3) is 0 Å². The molecule has 0 spiro atoms. The maximum atomic E-state index is 6.49. The van der Waals surface area contributed by atoms with Crippen LogP contribution in [-0.4, -0.2) is 0 Å². The van der Waals surface area contributed by atoms with Crippen molar-refractivity contribution in [1.82, 2.24) is 0 Å². The summed E-state index contributed by atoms with van der Waals surface area (Å²) in [7, 11) is 0. The minimum absolute atomic E-state index is 0.884. The Morgan fingerprint density at radius 3 is 2.33 bits per heavy atom. The molecule has 0 aromatic carbocycles. The molecule has 0 aliphatic rings. The van der Waals surface area contributed by atoms with Crippen LogP contribution in [0, 0.1) is 12.3 Å². The number of hydrogen-bond donors (Lipinski definition) is 0. The van der Waals surface area contributed by atoms with Crippen LogP contribution in [0.15, 0.2) is 11.6 Å². The van der Waals surface area contributed by atoms with Gasteiger partial charge in [0.05, 0.1) is 0 Å². The summed E-state index contributed by atoms with van der Waals surface area (Å²) < 4.78 is 0. The molecular formula is C6H7. The quantitative estimate of drug-likeness (QED) is 0.386. The van der Waals surface area contributed by atoms with E-state index in [1.807, 2.05) is 19.9 Å². The van der Waals surface area contributed by atoms with E-state index >= 15 is 0 Å². The molecule has 6 heavy (non-hydrogen) atoms. The summed E-state index contributed by atoms with van der Waals surface area (Å²) in [4.78, 5) is 0. The molecule has 0 nitrogen and oxygen atoms in total. The van der Waals surface area contributed by atoms with Crippen molar-refractivity contribution >= 4 is 0 Å². The van der Waals surface area contributed by atoms with Crippen LogP contribution < -0.4 is 0 Å². The smallest absolute Gasteiger partial charge is 0.00431 e. The van der Waals surface area contributed by atoms with Gasteiger partial charge in [0.2, 0.25) is 0 Å². The lowest BCUT2D eigenvalue weighted by molar-refractivity contribution is 1.52. The average molecular weight is 79.1 g/mol. The minimum atomic E-state index is 0.884. The van der Waals surface area contributed by atoms with Gasteiger partial charge < -0.3 is 0 Å². The lowest BCUT2D eigenvalue weighted by atomic mass is 10.3. The zero-order valence-corrected chi connectivity index (χ0v) is 4.08. The molecule has 0 bridgehead atoms. The van der Waals surface area contributed by atoms with E-state index in [4.69, 9.17) is 6.42 Å². The molecule has 31 valence electrons. The van der Waals surface area contributed by atoms with Gasteiger partial charge in [0, 0.05) is 0 Å². The Balaban J connectivity index is 3.61. The third-order valence-corrected chi connectivity index (χ3v) is 0.630. The van der Waals surface area contributed by atoms with Crippen molar-refractivity contribution < 1.29 is 0 Å². The lowest BCUT2D eigenvalue weighted by Crippen LogP contribution is -1.58. The van der Waals surface area contributed by atoms with E-state index in [2.05, 4.69) is 5.92 Å². The highest BCUT2D eigenvalue weighted by molar-refractivity contribution is 5.18. The molecule has 0 unspecified atom stereocenters. The highest BCUT2D eigenvalue weighted by Crippen LogP contribution is 1.83. The summed E-state index contributed by atoms with van der Waals surface area (Å²) >= 11 is 0. The molecule has 0 atom stereocenters. The average Bonchev–Trinajstić information content (AvgIpc) is 1.65. The summed E-state index contributed by atoms with van der Waals surface area (Å²) in [5.41, 5.74) is 0.884. The first-order chi connectivity index (χ1) is 2.81. The molecule has 0 saturated carbocycles. The molecule has 0 amide bonds. The second-order valence-electron chi connectivity index (χ2n) is 1.10. The van der Waals surface area contributed by atoms with Crippen molar-refractivity contribution in [2.75, 3.05) is 0 Å². The summed E-state index contributed by atoms with van der Waals surface area (Å²) in [5.74, 6) is 2.23. The zero-order valence-electron chi connectivity index (χ0n) is 4.08. The Kier molecular flexibility index (Phi) is 2.24. The fourth-order valence-electron chi connectivity index (χ4n) is 0.0722. The van der Waals surface area contributed by atoms with Crippen molar-refractivity contribution in [2.24, 2.45) is 0 Å². The van der Waals surface area contributed by atoms with E-state index in [1.165, 1.54) is 0 Å². The molecule has 0 heteroatoms. The largest absolute Gasteiger partial charge is 0.0763 e. The van der Waals surface area contributed by atoms with Crippen molar-refractivity contribution in [3.05, 3.63) is 18.1 Å². The molecule has 1 radical (unpaired) electrons. The molecule has 0 saturated heterocycles. The number of allylic oxidation sites excluding steroid dienone is 2. The summed E-state index contributed by atoms with van der Waals surface area (Å²) in [5, 5.41) is 0. The maximum absolute atomic E-state index is 6.49. The third kappa shape index (κ3) is 1.60. The van der Waals surface area contributed by atoms with E-state index < -0.39 is 0 Å². The normalized spacial score (nSPS) is 10.5. The van der Waals surface area contributed by atoms with Crippen LogP contribution in [0.1, 0.15) is 13.8 Å². The predicted octanol–water partition coefficient (Wildman–Crippen LogP) is 1.54. The van der Waals surface area contributed by atoms with Crippen molar-refractivity contribution in [2.45, 2.75) is 13.8 Å². The third-order valence-electron chi connectivity index (χ3n) is 0.630. The lowest BCUT2D eigenvalue weighted by Gasteiger charge is -1.73. The molecule has 0 aromatic rings. The van der Waals surface area contributed by atoms with E-state index in [0.29, 0.717) is 0 Å². The van der Waals surface area contributed by atoms with Crippen LogP contribution in [0.25, 0.3) is 0 Å². The van der Waals surface area contributed by atoms with Crippen LogP contribution in [0.5, 0.6) is 0 Å². The Hall–Kier alpha value is -0.700.